The summed E-state index contributed by atoms with van der Waals surface area (Å²) in [6.07, 6.45) is 0. The molecule has 0 aliphatic rings. The highest BCUT2D eigenvalue weighted by molar-refractivity contribution is 6.09. The predicted molar refractivity (Wildman–Crippen MR) is 272 cm³/mol. The van der Waals surface area contributed by atoms with E-state index in [1.807, 2.05) is 0 Å². The third-order valence-corrected chi connectivity index (χ3v) is 12.5. The summed E-state index contributed by atoms with van der Waals surface area (Å²) in [5.41, 5.74) is 21.4. The number of para-hydroxylation sites is 2. The summed E-state index contributed by atoms with van der Waals surface area (Å²) in [6, 6.07) is 88.3. The summed E-state index contributed by atoms with van der Waals surface area (Å²) in [7, 11) is 0. The molecule has 64 heavy (non-hydrogen) atoms. The normalized spacial score (nSPS) is 11.3. The predicted octanol–water partition coefficient (Wildman–Crippen LogP) is 17.2. The number of anilines is 3. The summed E-state index contributed by atoms with van der Waals surface area (Å²) < 4.78 is 2.37. The third-order valence-electron chi connectivity index (χ3n) is 12.5. The lowest BCUT2D eigenvalue weighted by Gasteiger charge is -2.26. The Labute approximate surface area is 375 Å². The molecule has 0 unspecified atom stereocenters. The van der Waals surface area contributed by atoms with Crippen molar-refractivity contribution in [3.63, 3.8) is 0 Å². The molecule has 1 heterocycles. The number of rotatable bonds is 9. The fourth-order valence-electron chi connectivity index (χ4n) is 9.39. The number of aromatic nitrogens is 1. The van der Waals surface area contributed by atoms with Crippen molar-refractivity contribution in [1.29, 1.82) is 0 Å². The maximum Gasteiger partial charge on any atom is 0.0541 e. The highest BCUT2D eigenvalue weighted by Crippen LogP contribution is 2.40. The molecule has 304 valence electrons. The van der Waals surface area contributed by atoms with Gasteiger partial charge in [0.15, 0.2) is 0 Å². The summed E-state index contributed by atoms with van der Waals surface area (Å²) in [4.78, 5) is 2.36. The van der Waals surface area contributed by atoms with Crippen molar-refractivity contribution in [3.05, 3.63) is 254 Å². The van der Waals surface area contributed by atoms with Crippen LogP contribution in [-0.4, -0.2) is 4.57 Å². The number of nitrogens with zero attached hydrogens (tertiary/aromatic N) is 2. The molecule has 0 spiro atoms. The summed E-state index contributed by atoms with van der Waals surface area (Å²) in [5.74, 6) is 0. The molecule has 0 radical (unpaired) electrons. The van der Waals surface area contributed by atoms with E-state index in [2.05, 4.69) is 266 Å². The van der Waals surface area contributed by atoms with Gasteiger partial charge in [-0.15, -0.1) is 0 Å². The van der Waals surface area contributed by atoms with Crippen LogP contribution in [0.5, 0.6) is 0 Å². The topological polar surface area (TPSA) is 8.17 Å². The zero-order chi connectivity index (χ0) is 43.0. The Bertz CT molecular complexity index is 3330. The molecule has 1 aromatic heterocycles. The van der Waals surface area contributed by atoms with Gasteiger partial charge in [0.05, 0.1) is 11.0 Å². The van der Waals surface area contributed by atoms with Crippen LogP contribution >= 0.6 is 0 Å². The number of benzene rings is 10. The van der Waals surface area contributed by atoms with Crippen molar-refractivity contribution >= 4 is 38.9 Å². The Kier molecular flexibility index (Phi) is 10.0. The van der Waals surface area contributed by atoms with Gasteiger partial charge in [-0.1, -0.05) is 175 Å². The van der Waals surface area contributed by atoms with E-state index in [0.717, 1.165) is 22.7 Å². The molecule has 0 saturated heterocycles. The SMILES string of the molecule is Cc1cc(C)cc(-c2cc(-c3ccccc3)cc(-c3ccc(N(c4ccc(-c5ccccc5)cc4)c4ccc(-c5ccc(-n6c7ccccc7c7ccccc76)cc5)cc4)cc3)c2)c1. The van der Waals surface area contributed by atoms with Crippen molar-refractivity contribution in [2.45, 2.75) is 13.8 Å². The van der Waals surface area contributed by atoms with Crippen LogP contribution in [0.3, 0.4) is 0 Å². The highest BCUT2D eigenvalue weighted by atomic mass is 15.1. The van der Waals surface area contributed by atoms with Gasteiger partial charge in [0.2, 0.25) is 0 Å². The first kappa shape index (κ1) is 38.7. The number of fused-ring (bicyclic) bond motifs is 3. The van der Waals surface area contributed by atoms with Gasteiger partial charge >= 0.3 is 0 Å². The number of aryl methyl sites for hydroxylation is 2. The Morgan fingerprint density at radius 2 is 0.578 bits per heavy atom. The highest BCUT2D eigenvalue weighted by Gasteiger charge is 2.16. The van der Waals surface area contributed by atoms with Gasteiger partial charge in [-0.25, -0.2) is 0 Å². The van der Waals surface area contributed by atoms with Gasteiger partial charge in [0, 0.05) is 33.5 Å². The van der Waals surface area contributed by atoms with E-state index in [1.165, 1.54) is 88.6 Å². The minimum atomic E-state index is 1.09. The second kappa shape index (κ2) is 16.6. The maximum atomic E-state index is 2.37. The van der Waals surface area contributed by atoms with E-state index < -0.39 is 0 Å². The molecule has 0 N–H and O–H groups in total. The van der Waals surface area contributed by atoms with Crippen LogP contribution in [0.1, 0.15) is 11.1 Å². The number of hydrogen-bond donors (Lipinski definition) is 0. The lowest BCUT2D eigenvalue weighted by Crippen LogP contribution is -2.09. The second-order valence-electron chi connectivity index (χ2n) is 16.8. The van der Waals surface area contributed by atoms with Crippen LogP contribution in [0, 0.1) is 13.8 Å². The van der Waals surface area contributed by atoms with Crippen LogP contribution < -0.4 is 4.90 Å². The summed E-state index contributed by atoms with van der Waals surface area (Å²) in [5, 5.41) is 2.54. The molecular weight excluding hydrogens is 773 g/mol. The first-order chi connectivity index (χ1) is 31.5. The Morgan fingerprint density at radius 1 is 0.266 bits per heavy atom. The lowest BCUT2D eigenvalue weighted by molar-refractivity contribution is 1.18. The molecule has 10 aromatic carbocycles. The molecule has 0 bridgehead atoms. The Balaban J connectivity index is 0.949. The van der Waals surface area contributed by atoms with Crippen molar-refractivity contribution in [3.8, 4) is 61.3 Å². The van der Waals surface area contributed by atoms with Crippen LogP contribution in [0.25, 0.3) is 83.1 Å². The van der Waals surface area contributed by atoms with Crippen LogP contribution in [0.4, 0.5) is 17.1 Å². The standard InChI is InChI=1S/C62H46N2/c1-43-37-44(2)39-51(38-43)54-41-52(46-15-7-4-8-16-46)40-53(42-54)50-27-33-57(34-28-50)63(55-29-21-47(22-30-55)45-13-5-3-6-14-45)56-31-23-48(24-32-56)49-25-35-58(36-26-49)64-61-19-11-9-17-59(61)60-18-10-12-20-62(60)64/h3-42H,1-2H3. The van der Waals surface area contributed by atoms with Gasteiger partial charge in [-0.3, -0.25) is 0 Å². The van der Waals surface area contributed by atoms with E-state index in [4.69, 9.17) is 0 Å². The van der Waals surface area contributed by atoms with Crippen molar-refractivity contribution in [2.75, 3.05) is 4.90 Å². The van der Waals surface area contributed by atoms with Gasteiger partial charge in [0.25, 0.3) is 0 Å². The first-order valence-electron chi connectivity index (χ1n) is 22.1. The minimum Gasteiger partial charge on any atom is -0.311 e. The van der Waals surface area contributed by atoms with Crippen molar-refractivity contribution in [1.82, 2.24) is 4.57 Å². The number of hydrogen-bond acceptors (Lipinski definition) is 1. The zero-order valence-corrected chi connectivity index (χ0v) is 36.0. The molecule has 0 atom stereocenters. The molecule has 11 rings (SSSR count). The van der Waals surface area contributed by atoms with Gasteiger partial charge in [0.1, 0.15) is 0 Å². The first-order valence-corrected chi connectivity index (χ1v) is 22.1. The van der Waals surface area contributed by atoms with Gasteiger partial charge in [-0.05, 0) is 148 Å². The van der Waals surface area contributed by atoms with E-state index >= 15 is 0 Å². The maximum absolute atomic E-state index is 2.37. The Hall–Kier alpha value is -8.20. The van der Waals surface area contributed by atoms with Crippen molar-refractivity contribution < 1.29 is 0 Å². The largest absolute Gasteiger partial charge is 0.311 e. The zero-order valence-electron chi connectivity index (χ0n) is 36.0. The van der Waals surface area contributed by atoms with Gasteiger partial charge < -0.3 is 9.47 Å². The van der Waals surface area contributed by atoms with Crippen LogP contribution in [-0.2, 0) is 0 Å². The summed E-state index contributed by atoms with van der Waals surface area (Å²) >= 11 is 0. The quantitative estimate of drug-likeness (QED) is 0.141. The van der Waals surface area contributed by atoms with Crippen LogP contribution in [0.2, 0.25) is 0 Å². The fraction of sp³-hybridized carbons (Fsp3) is 0.0323. The van der Waals surface area contributed by atoms with Crippen LogP contribution in [0.15, 0.2) is 243 Å². The van der Waals surface area contributed by atoms with Gasteiger partial charge in [-0.2, -0.15) is 0 Å². The Morgan fingerprint density at radius 3 is 1.02 bits per heavy atom. The smallest absolute Gasteiger partial charge is 0.0541 e. The molecule has 11 aromatic rings. The average molecular weight is 819 g/mol. The van der Waals surface area contributed by atoms with E-state index in [9.17, 15) is 0 Å². The molecule has 2 nitrogen and oxygen atoms in total. The fourth-order valence-corrected chi connectivity index (χ4v) is 9.39. The minimum absolute atomic E-state index is 1.09. The molecule has 0 saturated carbocycles. The molecule has 0 aliphatic heterocycles. The molecule has 0 amide bonds. The average Bonchev–Trinajstić information content (AvgIpc) is 3.69. The summed E-state index contributed by atoms with van der Waals surface area (Å²) in [6.45, 7) is 4.35. The monoisotopic (exact) mass is 818 g/mol. The molecule has 2 heteroatoms. The van der Waals surface area contributed by atoms with E-state index in [0.29, 0.717) is 0 Å². The second-order valence-corrected chi connectivity index (χ2v) is 16.8. The van der Waals surface area contributed by atoms with E-state index in [1.54, 1.807) is 0 Å². The lowest BCUT2D eigenvalue weighted by atomic mass is 9.92. The molecule has 0 aliphatic carbocycles. The van der Waals surface area contributed by atoms with E-state index in [-0.39, 0.29) is 0 Å². The molecular formula is C62H46N2. The molecule has 0 fully saturated rings. The third kappa shape index (κ3) is 7.46. The van der Waals surface area contributed by atoms with Crippen molar-refractivity contribution in [2.24, 2.45) is 0 Å².